The highest BCUT2D eigenvalue weighted by atomic mass is 32.1. The number of furan rings is 1. The van der Waals surface area contributed by atoms with Crippen molar-refractivity contribution in [3.63, 3.8) is 0 Å². The zero-order valence-corrected chi connectivity index (χ0v) is 24.4. The number of methoxy groups -OCH3 is 1. The highest BCUT2D eigenvalue weighted by molar-refractivity contribution is 7.07. The van der Waals surface area contributed by atoms with Gasteiger partial charge in [0.15, 0.2) is 16.3 Å². The molecular formula is C29H24N4O10S. The van der Waals surface area contributed by atoms with Crippen LogP contribution in [-0.4, -0.2) is 34.1 Å². The van der Waals surface area contributed by atoms with E-state index in [1.807, 2.05) is 30.3 Å². The van der Waals surface area contributed by atoms with Gasteiger partial charge in [-0.05, 0) is 37.6 Å². The molecule has 0 radical (unpaired) electrons. The van der Waals surface area contributed by atoms with Crippen molar-refractivity contribution in [2.75, 3.05) is 13.7 Å². The maximum Gasteiger partial charge on any atom is 0.433 e. The van der Waals surface area contributed by atoms with Crippen molar-refractivity contribution >= 4 is 40.7 Å². The summed E-state index contributed by atoms with van der Waals surface area (Å²) in [6, 6.07) is 13.2. The molecule has 14 nitrogen and oxygen atoms in total. The highest BCUT2D eigenvalue weighted by Gasteiger charge is 2.34. The summed E-state index contributed by atoms with van der Waals surface area (Å²) in [5.74, 6) is -0.965. The summed E-state index contributed by atoms with van der Waals surface area (Å²) >= 11 is 0.917. The lowest BCUT2D eigenvalue weighted by Crippen LogP contribution is -2.35. The van der Waals surface area contributed by atoms with Crippen LogP contribution in [0.1, 0.15) is 36.8 Å². The topological polar surface area (TPSA) is 179 Å². The Morgan fingerprint density at radius 3 is 2.50 bits per heavy atom. The van der Waals surface area contributed by atoms with Gasteiger partial charge in [-0.1, -0.05) is 41.7 Å². The summed E-state index contributed by atoms with van der Waals surface area (Å²) in [6.45, 7) is 3.29. The molecule has 0 bridgehead atoms. The molecule has 226 valence electrons. The lowest BCUT2D eigenvalue weighted by Gasteiger charge is -2.20. The van der Waals surface area contributed by atoms with E-state index in [9.17, 15) is 29.8 Å². The number of rotatable bonds is 10. The Bertz CT molecular complexity index is 1990. The van der Waals surface area contributed by atoms with Gasteiger partial charge in [0.1, 0.15) is 23.3 Å². The SMILES string of the molecule is CCOC(=O)C1=C(C)n2c(s/c(=C\c3cc(OC)c(OCc4ccccc4)cc3[N+](=O)[O-])c2=O)=N[C@@H]1c1ccc([N+](=O)[O-])o1. The van der Waals surface area contributed by atoms with Crippen molar-refractivity contribution in [2.24, 2.45) is 4.99 Å². The summed E-state index contributed by atoms with van der Waals surface area (Å²) in [5, 5.41) is 23.3. The fraction of sp³-hybridized carbons (Fsp3) is 0.207. The third-order valence-corrected chi connectivity index (χ3v) is 7.62. The molecule has 4 aromatic rings. The monoisotopic (exact) mass is 620 g/mol. The summed E-state index contributed by atoms with van der Waals surface area (Å²) in [7, 11) is 1.39. The number of nitro groups is 2. The Kier molecular flexibility index (Phi) is 8.39. The number of ether oxygens (including phenoxy) is 3. The van der Waals surface area contributed by atoms with Crippen LogP contribution in [-0.2, 0) is 16.1 Å². The molecule has 2 aromatic heterocycles. The third kappa shape index (κ3) is 5.72. The second-order valence-electron chi connectivity index (χ2n) is 9.31. The predicted octanol–water partition coefficient (Wildman–Crippen LogP) is 3.90. The lowest BCUT2D eigenvalue weighted by atomic mass is 10.0. The van der Waals surface area contributed by atoms with Gasteiger partial charge in [0, 0.05) is 5.70 Å². The maximum absolute atomic E-state index is 13.6. The number of thiazole rings is 1. The van der Waals surface area contributed by atoms with Crippen LogP contribution in [0, 0.1) is 20.2 Å². The van der Waals surface area contributed by atoms with E-state index < -0.39 is 33.3 Å². The number of allylic oxidation sites excluding steroid dienone is 1. The number of esters is 1. The molecule has 0 unspecified atom stereocenters. The van der Waals surface area contributed by atoms with Crippen LogP contribution in [0.5, 0.6) is 11.5 Å². The Hall–Kier alpha value is -5.57. The Labute approximate surface area is 252 Å². The number of benzene rings is 2. The van der Waals surface area contributed by atoms with Crippen molar-refractivity contribution in [3.05, 3.63) is 117 Å². The molecule has 5 rings (SSSR count). The normalized spacial score (nSPS) is 14.5. The van der Waals surface area contributed by atoms with Crippen LogP contribution in [0.4, 0.5) is 11.6 Å². The van der Waals surface area contributed by atoms with E-state index in [0.29, 0.717) is 0 Å². The highest BCUT2D eigenvalue weighted by Crippen LogP contribution is 2.36. The fourth-order valence-electron chi connectivity index (χ4n) is 4.60. The smallest absolute Gasteiger partial charge is 0.433 e. The average molecular weight is 621 g/mol. The molecule has 1 aliphatic rings. The first-order valence-electron chi connectivity index (χ1n) is 13.1. The minimum atomic E-state index is -1.14. The van der Waals surface area contributed by atoms with Crippen LogP contribution < -0.4 is 24.4 Å². The van der Waals surface area contributed by atoms with Gasteiger partial charge in [0.05, 0.1) is 46.4 Å². The standard InChI is InChI=1S/C29H24N4O10S/c1-4-41-28(35)25-16(2)31-27(34)23(44-29(31)30-26(25)20-10-11-24(43-20)33(38)39)13-18-12-21(40-3)22(14-19(18)32(36)37)42-15-17-8-6-5-7-9-17/h5-14,26H,4,15H2,1-3H3/b23-13-/t26-/m1/s1. The van der Waals surface area contributed by atoms with Gasteiger partial charge in [-0.15, -0.1) is 0 Å². The Morgan fingerprint density at radius 1 is 1.11 bits per heavy atom. The van der Waals surface area contributed by atoms with Crippen LogP contribution >= 0.6 is 11.3 Å². The molecule has 2 aromatic carbocycles. The second kappa shape index (κ2) is 12.3. The van der Waals surface area contributed by atoms with Gasteiger partial charge in [-0.2, -0.15) is 0 Å². The van der Waals surface area contributed by atoms with E-state index in [4.69, 9.17) is 18.6 Å². The zero-order valence-electron chi connectivity index (χ0n) is 23.5. The predicted molar refractivity (Wildman–Crippen MR) is 157 cm³/mol. The number of hydrogen-bond acceptors (Lipinski definition) is 12. The van der Waals surface area contributed by atoms with E-state index in [-0.39, 0.29) is 62.3 Å². The summed E-state index contributed by atoms with van der Waals surface area (Å²) in [5.41, 5.74) is 0.136. The minimum Gasteiger partial charge on any atom is -0.493 e. The number of fused-ring (bicyclic) bond motifs is 1. The van der Waals surface area contributed by atoms with Gasteiger partial charge in [-0.3, -0.25) is 29.6 Å². The summed E-state index contributed by atoms with van der Waals surface area (Å²) < 4.78 is 23.0. The molecule has 15 heteroatoms. The van der Waals surface area contributed by atoms with Crippen molar-refractivity contribution in [2.45, 2.75) is 26.5 Å². The lowest BCUT2D eigenvalue weighted by molar-refractivity contribution is -0.402. The average Bonchev–Trinajstić information content (AvgIpc) is 3.62. The molecule has 0 aliphatic carbocycles. The van der Waals surface area contributed by atoms with Crippen LogP contribution in [0.15, 0.2) is 74.4 Å². The molecule has 0 fully saturated rings. The first-order chi connectivity index (χ1) is 21.1. The number of hydrogen-bond donors (Lipinski definition) is 0. The molecule has 1 atom stereocenters. The number of carbonyl (C=O) groups excluding carboxylic acids is 1. The van der Waals surface area contributed by atoms with E-state index >= 15 is 0 Å². The molecule has 44 heavy (non-hydrogen) atoms. The van der Waals surface area contributed by atoms with Crippen molar-refractivity contribution in [1.82, 2.24) is 4.57 Å². The van der Waals surface area contributed by atoms with Crippen molar-refractivity contribution in [3.8, 4) is 11.5 Å². The number of aromatic nitrogens is 1. The van der Waals surface area contributed by atoms with E-state index in [0.717, 1.165) is 23.0 Å². The molecule has 0 saturated carbocycles. The molecule has 0 saturated heterocycles. The van der Waals surface area contributed by atoms with Crippen LogP contribution in [0.25, 0.3) is 11.8 Å². The van der Waals surface area contributed by atoms with Gasteiger partial charge >= 0.3 is 11.9 Å². The summed E-state index contributed by atoms with van der Waals surface area (Å²) in [6.07, 6.45) is 1.33. The Morgan fingerprint density at radius 2 is 1.86 bits per heavy atom. The van der Waals surface area contributed by atoms with Gasteiger partial charge in [0.25, 0.3) is 11.2 Å². The molecule has 0 N–H and O–H groups in total. The first kappa shape index (κ1) is 29.9. The van der Waals surface area contributed by atoms with Crippen molar-refractivity contribution in [1.29, 1.82) is 0 Å². The molecule has 3 heterocycles. The van der Waals surface area contributed by atoms with Crippen LogP contribution in [0.2, 0.25) is 0 Å². The summed E-state index contributed by atoms with van der Waals surface area (Å²) in [4.78, 5) is 53.2. The molecular weight excluding hydrogens is 596 g/mol. The van der Waals surface area contributed by atoms with E-state index in [2.05, 4.69) is 4.99 Å². The van der Waals surface area contributed by atoms with E-state index in [1.54, 1.807) is 6.92 Å². The number of carbonyl (C=O) groups is 1. The second-order valence-corrected chi connectivity index (χ2v) is 10.3. The fourth-order valence-corrected chi connectivity index (χ4v) is 5.63. The third-order valence-electron chi connectivity index (χ3n) is 6.64. The molecule has 0 spiro atoms. The number of nitrogens with zero attached hydrogens (tertiary/aromatic N) is 4. The minimum absolute atomic E-state index is 0.00296. The molecule has 1 aliphatic heterocycles. The van der Waals surface area contributed by atoms with Gasteiger partial charge < -0.3 is 18.6 Å². The Balaban J connectivity index is 1.64. The van der Waals surface area contributed by atoms with Gasteiger partial charge in [-0.25, -0.2) is 9.79 Å². The number of nitro benzene ring substituents is 1. The van der Waals surface area contributed by atoms with Gasteiger partial charge in [0.2, 0.25) is 0 Å². The maximum atomic E-state index is 13.6. The largest absolute Gasteiger partial charge is 0.493 e. The van der Waals surface area contributed by atoms with Crippen LogP contribution in [0.3, 0.4) is 0 Å². The first-order valence-corrected chi connectivity index (χ1v) is 13.9. The zero-order chi connectivity index (χ0) is 31.5. The molecule has 0 amide bonds. The van der Waals surface area contributed by atoms with Crippen molar-refractivity contribution < 1.29 is 33.3 Å². The quantitative estimate of drug-likeness (QED) is 0.143. The van der Waals surface area contributed by atoms with E-state index in [1.165, 1.54) is 42.9 Å².